The van der Waals surface area contributed by atoms with E-state index in [-0.39, 0.29) is 30.2 Å². The lowest BCUT2D eigenvalue weighted by molar-refractivity contribution is -0.118. The van der Waals surface area contributed by atoms with Crippen molar-refractivity contribution in [2.24, 2.45) is 0 Å². The van der Waals surface area contributed by atoms with E-state index in [4.69, 9.17) is 9.47 Å². The van der Waals surface area contributed by atoms with Crippen LogP contribution in [0.1, 0.15) is 27.7 Å². The predicted octanol–water partition coefficient (Wildman–Crippen LogP) is 4.42. The fourth-order valence-electron chi connectivity index (χ4n) is 2.81. The summed E-state index contributed by atoms with van der Waals surface area (Å²) in [5.74, 6) is 0.690. The first-order valence-electron chi connectivity index (χ1n) is 10.2. The highest BCUT2D eigenvalue weighted by molar-refractivity contribution is 7.10. The Labute approximate surface area is 191 Å². The van der Waals surface area contributed by atoms with Crippen LogP contribution < -0.4 is 20.1 Å². The molecule has 2 N–H and O–H groups in total. The summed E-state index contributed by atoms with van der Waals surface area (Å²) in [6.45, 7) is 4.06. The van der Waals surface area contributed by atoms with Crippen LogP contribution in [0.4, 0.5) is 0 Å². The molecule has 0 aliphatic carbocycles. The predicted molar refractivity (Wildman–Crippen MR) is 127 cm³/mol. The third-order valence-corrected chi connectivity index (χ3v) is 5.39. The van der Waals surface area contributed by atoms with Crippen LogP contribution in [0, 0.1) is 6.92 Å². The molecule has 1 aromatic heterocycles. The van der Waals surface area contributed by atoms with Gasteiger partial charge in [-0.05, 0) is 67.8 Å². The van der Waals surface area contributed by atoms with Crippen molar-refractivity contribution in [2.45, 2.75) is 19.9 Å². The number of methoxy groups -OCH3 is 1. The molecule has 32 heavy (non-hydrogen) atoms. The van der Waals surface area contributed by atoms with Gasteiger partial charge in [-0.2, -0.15) is 0 Å². The van der Waals surface area contributed by atoms with E-state index in [0.717, 1.165) is 16.2 Å². The number of carbonyl (C=O) groups excluding carboxylic acids is 2. The van der Waals surface area contributed by atoms with E-state index >= 15 is 0 Å². The van der Waals surface area contributed by atoms with Crippen molar-refractivity contribution in [2.75, 3.05) is 13.7 Å². The fraction of sp³-hybridized carbons (Fsp3) is 0.200. The lowest BCUT2D eigenvalue weighted by Crippen LogP contribution is -2.41. The number of benzene rings is 2. The van der Waals surface area contributed by atoms with Crippen molar-refractivity contribution in [3.8, 4) is 11.5 Å². The summed E-state index contributed by atoms with van der Waals surface area (Å²) in [4.78, 5) is 26.5. The maximum Gasteiger partial charge on any atom is 0.268 e. The Balaban J connectivity index is 1.65. The van der Waals surface area contributed by atoms with Crippen LogP contribution >= 0.6 is 11.3 Å². The molecule has 0 saturated heterocycles. The van der Waals surface area contributed by atoms with E-state index in [1.807, 2.05) is 43.5 Å². The van der Waals surface area contributed by atoms with Crippen LogP contribution in [0.15, 0.2) is 71.7 Å². The van der Waals surface area contributed by atoms with Gasteiger partial charge in [0.1, 0.15) is 23.8 Å². The highest BCUT2D eigenvalue weighted by Crippen LogP contribution is 2.17. The first kappa shape index (κ1) is 23.1. The maximum atomic E-state index is 12.9. The normalized spacial score (nSPS) is 12.0. The summed E-state index contributed by atoms with van der Waals surface area (Å²) in [6.07, 6.45) is 1.67. The molecule has 0 saturated carbocycles. The van der Waals surface area contributed by atoms with Gasteiger partial charge in [-0.25, -0.2) is 0 Å². The van der Waals surface area contributed by atoms with E-state index in [2.05, 4.69) is 10.6 Å². The first-order valence-corrected chi connectivity index (χ1v) is 11.0. The van der Waals surface area contributed by atoms with Crippen LogP contribution in [0.5, 0.6) is 11.5 Å². The van der Waals surface area contributed by atoms with E-state index in [9.17, 15) is 9.59 Å². The molecule has 0 bridgehead atoms. The first-order chi connectivity index (χ1) is 15.4. The Morgan fingerprint density at radius 1 is 1.03 bits per heavy atom. The number of aryl methyl sites for hydroxylation is 1. The van der Waals surface area contributed by atoms with Crippen LogP contribution in [-0.2, 0) is 4.79 Å². The number of amides is 2. The molecular formula is C25H26N2O4S. The third-order valence-electron chi connectivity index (χ3n) is 4.57. The molecule has 0 aliphatic rings. The molecule has 1 atom stereocenters. The highest BCUT2D eigenvalue weighted by atomic mass is 32.1. The fourth-order valence-corrected chi connectivity index (χ4v) is 3.47. The van der Waals surface area contributed by atoms with Gasteiger partial charge in [0.05, 0.1) is 13.2 Å². The molecule has 7 heteroatoms. The van der Waals surface area contributed by atoms with Gasteiger partial charge in [-0.1, -0.05) is 23.8 Å². The van der Waals surface area contributed by atoms with Gasteiger partial charge in [-0.15, -0.1) is 11.3 Å². The molecule has 0 radical (unpaired) electrons. The van der Waals surface area contributed by atoms with Crippen molar-refractivity contribution in [3.05, 3.63) is 87.7 Å². The molecule has 0 fully saturated rings. The Morgan fingerprint density at radius 2 is 1.72 bits per heavy atom. The smallest absolute Gasteiger partial charge is 0.268 e. The van der Waals surface area contributed by atoms with Gasteiger partial charge in [0, 0.05) is 10.4 Å². The second kappa shape index (κ2) is 11.2. The van der Waals surface area contributed by atoms with Crippen molar-refractivity contribution in [3.63, 3.8) is 0 Å². The molecular weight excluding hydrogens is 424 g/mol. The molecule has 2 amide bonds. The average Bonchev–Trinajstić information content (AvgIpc) is 3.31. The second-order valence-electron chi connectivity index (χ2n) is 7.25. The molecule has 0 unspecified atom stereocenters. The quantitative estimate of drug-likeness (QED) is 0.473. The van der Waals surface area contributed by atoms with E-state index < -0.39 is 0 Å². The molecule has 2 aromatic carbocycles. The lowest BCUT2D eigenvalue weighted by atomic mass is 10.1. The topological polar surface area (TPSA) is 76.7 Å². The largest absolute Gasteiger partial charge is 0.497 e. The number of carbonyl (C=O) groups is 2. The average molecular weight is 451 g/mol. The van der Waals surface area contributed by atoms with Gasteiger partial charge < -0.3 is 20.1 Å². The molecule has 3 rings (SSSR count). The van der Waals surface area contributed by atoms with Gasteiger partial charge in [0.25, 0.3) is 11.8 Å². The van der Waals surface area contributed by atoms with Gasteiger partial charge in [-0.3, -0.25) is 9.59 Å². The summed E-state index contributed by atoms with van der Waals surface area (Å²) < 4.78 is 10.9. The summed E-state index contributed by atoms with van der Waals surface area (Å²) >= 11 is 1.48. The summed E-state index contributed by atoms with van der Waals surface area (Å²) in [5, 5.41) is 7.54. The zero-order valence-corrected chi connectivity index (χ0v) is 19.1. The maximum absolute atomic E-state index is 12.9. The van der Waals surface area contributed by atoms with Crippen LogP contribution in [-0.4, -0.2) is 31.6 Å². The second-order valence-corrected chi connectivity index (χ2v) is 8.23. The Bertz CT molecular complexity index is 1060. The number of rotatable bonds is 9. The molecule has 0 aliphatic heterocycles. The number of ether oxygens (including phenoxy) is 2. The summed E-state index contributed by atoms with van der Waals surface area (Å²) in [6, 6.07) is 17.9. The van der Waals surface area contributed by atoms with Gasteiger partial charge in [0.2, 0.25) is 0 Å². The zero-order chi connectivity index (χ0) is 22.9. The summed E-state index contributed by atoms with van der Waals surface area (Å²) in [5.41, 5.74) is 1.71. The zero-order valence-electron chi connectivity index (χ0n) is 18.3. The third kappa shape index (κ3) is 6.72. The van der Waals surface area contributed by atoms with Crippen molar-refractivity contribution in [1.29, 1.82) is 0 Å². The monoisotopic (exact) mass is 450 g/mol. The Morgan fingerprint density at radius 3 is 2.34 bits per heavy atom. The standard InChI is InChI=1S/C25H26N2O4S/c1-17-6-8-19(9-7-17)24(28)27-23(15-22-5-4-14-32-22)25(29)26-18(2)16-31-21-12-10-20(30-3)11-13-21/h4-15,18H,16H2,1-3H3,(H,26,29)(H,27,28)/b23-15-/t18-/m0/s1. The Hall–Kier alpha value is -3.58. The van der Waals surface area contributed by atoms with Gasteiger partial charge >= 0.3 is 0 Å². The molecule has 166 valence electrons. The van der Waals surface area contributed by atoms with Crippen LogP contribution in [0.25, 0.3) is 6.08 Å². The van der Waals surface area contributed by atoms with Crippen molar-refractivity contribution < 1.29 is 19.1 Å². The van der Waals surface area contributed by atoms with E-state index in [1.54, 1.807) is 49.6 Å². The van der Waals surface area contributed by atoms with Crippen LogP contribution in [0.3, 0.4) is 0 Å². The van der Waals surface area contributed by atoms with E-state index in [1.165, 1.54) is 11.3 Å². The van der Waals surface area contributed by atoms with Gasteiger partial charge in [0.15, 0.2) is 0 Å². The molecule has 3 aromatic rings. The minimum absolute atomic E-state index is 0.175. The number of hydrogen-bond acceptors (Lipinski definition) is 5. The Kier molecular flexibility index (Phi) is 8.05. The molecule has 1 heterocycles. The number of nitrogens with one attached hydrogen (secondary N) is 2. The number of thiophene rings is 1. The van der Waals surface area contributed by atoms with E-state index in [0.29, 0.717) is 11.3 Å². The summed E-state index contributed by atoms with van der Waals surface area (Å²) in [7, 11) is 1.60. The number of hydrogen-bond donors (Lipinski definition) is 2. The highest BCUT2D eigenvalue weighted by Gasteiger charge is 2.17. The molecule has 6 nitrogen and oxygen atoms in total. The SMILES string of the molecule is COc1ccc(OC[C@H](C)NC(=O)/C(=C/c2cccs2)NC(=O)c2ccc(C)cc2)cc1. The minimum atomic E-state index is -0.385. The lowest BCUT2D eigenvalue weighted by Gasteiger charge is -2.17. The van der Waals surface area contributed by atoms with Crippen molar-refractivity contribution in [1.82, 2.24) is 10.6 Å². The molecule has 0 spiro atoms. The van der Waals surface area contributed by atoms with Crippen LogP contribution in [0.2, 0.25) is 0 Å². The van der Waals surface area contributed by atoms with Crippen molar-refractivity contribution >= 4 is 29.2 Å². The minimum Gasteiger partial charge on any atom is -0.497 e.